The van der Waals surface area contributed by atoms with Gasteiger partial charge < -0.3 is 10.2 Å². The number of hydrogen-bond donors (Lipinski definition) is 1. The fraction of sp³-hybridized carbons (Fsp3) is 0.667. The van der Waals surface area contributed by atoms with E-state index in [1.165, 1.54) is 25.7 Å². The van der Waals surface area contributed by atoms with E-state index < -0.39 is 0 Å². The summed E-state index contributed by atoms with van der Waals surface area (Å²) in [4.78, 5) is 33.4. The van der Waals surface area contributed by atoms with E-state index in [0.717, 1.165) is 45.1 Å². The molecule has 0 spiro atoms. The van der Waals surface area contributed by atoms with Crippen LogP contribution in [-0.4, -0.2) is 41.0 Å². The Morgan fingerprint density at radius 1 is 0.963 bits per heavy atom. The number of anilines is 2. The van der Waals surface area contributed by atoms with Crippen LogP contribution in [0.4, 0.5) is 16.3 Å². The Morgan fingerprint density at radius 2 is 1.67 bits per heavy atom. The van der Waals surface area contributed by atoms with Gasteiger partial charge in [-0.15, -0.1) is 0 Å². The first-order valence-corrected chi connectivity index (χ1v) is 10.6. The average molecular weight is 370 g/mol. The quantitative estimate of drug-likeness (QED) is 0.865. The number of urea groups is 1. The molecule has 0 unspecified atom stereocenters. The van der Waals surface area contributed by atoms with Crippen LogP contribution in [0.3, 0.4) is 0 Å². The van der Waals surface area contributed by atoms with E-state index in [-0.39, 0.29) is 17.9 Å². The minimum absolute atomic E-state index is 0.0772. The number of nitrogens with zero attached hydrogens (tertiary/aromatic N) is 3. The van der Waals surface area contributed by atoms with Gasteiger partial charge in [-0.2, -0.15) is 0 Å². The predicted molar refractivity (Wildman–Crippen MR) is 106 cm³/mol. The zero-order valence-corrected chi connectivity index (χ0v) is 16.0. The number of nitrogens with one attached hydrogen (secondary N) is 1. The molecule has 27 heavy (non-hydrogen) atoms. The highest BCUT2D eigenvalue weighted by atomic mass is 16.2. The number of carbonyl (C=O) groups is 2. The van der Waals surface area contributed by atoms with Gasteiger partial charge in [0.15, 0.2) is 0 Å². The molecule has 3 fully saturated rings. The normalized spacial score (nSPS) is 22.3. The lowest BCUT2D eigenvalue weighted by molar-refractivity contribution is -0.120. The van der Waals surface area contributed by atoms with Gasteiger partial charge >= 0.3 is 6.03 Å². The lowest BCUT2D eigenvalue weighted by Crippen LogP contribution is -2.40. The molecule has 4 rings (SSSR count). The summed E-state index contributed by atoms with van der Waals surface area (Å²) in [5, 5.41) is 2.99. The minimum Gasteiger partial charge on any atom is -0.324 e. The van der Waals surface area contributed by atoms with E-state index in [4.69, 9.17) is 0 Å². The molecule has 0 radical (unpaired) electrons. The van der Waals surface area contributed by atoms with E-state index >= 15 is 0 Å². The van der Waals surface area contributed by atoms with Crippen molar-refractivity contribution in [3.63, 3.8) is 0 Å². The van der Waals surface area contributed by atoms with Gasteiger partial charge in [-0.05, 0) is 37.8 Å². The van der Waals surface area contributed by atoms with E-state index in [1.807, 2.05) is 17.0 Å². The van der Waals surface area contributed by atoms with E-state index in [0.29, 0.717) is 24.1 Å². The van der Waals surface area contributed by atoms with Crippen LogP contribution >= 0.6 is 0 Å². The van der Waals surface area contributed by atoms with Gasteiger partial charge in [0.05, 0.1) is 11.9 Å². The van der Waals surface area contributed by atoms with Crippen LogP contribution in [0.1, 0.15) is 64.2 Å². The van der Waals surface area contributed by atoms with Gasteiger partial charge in [0.25, 0.3) is 0 Å². The fourth-order valence-electron chi connectivity index (χ4n) is 4.73. The molecule has 0 atom stereocenters. The third-order valence-electron chi connectivity index (χ3n) is 6.32. The van der Waals surface area contributed by atoms with Crippen LogP contribution in [0.2, 0.25) is 0 Å². The van der Waals surface area contributed by atoms with Crippen molar-refractivity contribution in [3.8, 4) is 0 Å². The topological polar surface area (TPSA) is 65.5 Å². The van der Waals surface area contributed by atoms with Gasteiger partial charge in [-0.3, -0.25) is 9.69 Å². The van der Waals surface area contributed by atoms with Crippen molar-refractivity contribution in [3.05, 3.63) is 18.3 Å². The fourth-order valence-corrected chi connectivity index (χ4v) is 4.73. The van der Waals surface area contributed by atoms with E-state index in [2.05, 4.69) is 10.3 Å². The summed E-state index contributed by atoms with van der Waals surface area (Å²) < 4.78 is 0. The minimum atomic E-state index is 0.0772. The Labute approximate surface area is 161 Å². The smallest absolute Gasteiger partial charge is 0.324 e. The molecule has 146 valence electrons. The second-order valence-electron chi connectivity index (χ2n) is 8.15. The number of amides is 3. The molecular formula is C21H30N4O2. The van der Waals surface area contributed by atoms with Crippen LogP contribution in [0.5, 0.6) is 0 Å². The Morgan fingerprint density at radius 3 is 2.33 bits per heavy atom. The number of aromatic nitrogens is 1. The van der Waals surface area contributed by atoms with Crippen LogP contribution in [-0.2, 0) is 4.79 Å². The summed E-state index contributed by atoms with van der Waals surface area (Å²) in [6.07, 6.45) is 13.1. The second-order valence-corrected chi connectivity index (χ2v) is 8.15. The highest BCUT2D eigenvalue weighted by molar-refractivity contribution is 5.94. The zero-order chi connectivity index (χ0) is 18.6. The molecule has 1 aromatic heterocycles. The van der Waals surface area contributed by atoms with Gasteiger partial charge in [0.1, 0.15) is 5.82 Å². The molecule has 3 amide bonds. The Bertz CT molecular complexity index is 663. The van der Waals surface area contributed by atoms with Crippen molar-refractivity contribution in [2.45, 2.75) is 70.3 Å². The molecule has 2 saturated carbocycles. The molecule has 0 aromatic carbocycles. The lowest BCUT2D eigenvalue weighted by atomic mass is 9.88. The van der Waals surface area contributed by atoms with E-state index in [9.17, 15) is 9.59 Å². The second kappa shape index (κ2) is 8.28. The molecule has 1 saturated heterocycles. The first-order valence-electron chi connectivity index (χ1n) is 10.6. The molecule has 1 aromatic rings. The van der Waals surface area contributed by atoms with Gasteiger partial charge in [0, 0.05) is 25.0 Å². The van der Waals surface area contributed by atoms with Crippen molar-refractivity contribution in [1.29, 1.82) is 0 Å². The molecular weight excluding hydrogens is 340 g/mol. The number of carbonyl (C=O) groups excluding carboxylic acids is 2. The highest BCUT2D eigenvalue weighted by Crippen LogP contribution is 2.28. The molecule has 0 bridgehead atoms. The largest absolute Gasteiger partial charge is 0.326 e. The average Bonchev–Trinajstić information content (AvgIpc) is 3.11. The summed E-state index contributed by atoms with van der Waals surface area (Å²) in [6.45, 7) is 1.47. The Hall–Kier alpha value is -2.11. The third kappa shape index (κ3) is 4.09. The third-order valence-corrected chi connectivity index (χ3v) is 6.32. The van der Waals surface area contributed by atoms with Crippen molar-refractivity contribution < 1.29 is 9.59 Å². The van der Waals surface area contributed by atoms with E-state index in [1.54, 1.807) is 11.1 Å². The number of rotatable bonds is 4. The van der Waals surface area contributed by atoms with Crippen molar-refractivity contribution in [2.75, 3.05) is 23.3 Å². The molecule has 2 aliphatic carbocycles. The van der Waals surface area contributed by atoms with Crippen molar-refractivity contribution in [1.82, 2.24) is 9.88 Å². The standard InChI is InChI=1S/C21H30N4O2/c26-20(16-7-3-1-4-8-16)23-17-11-12-19(22-15-17)25-14-13-24(21(25)27)18-9-5-2-6-10-18/h11-12,15-16,18H,1-10,13-14H2,(H,23,26). The van der Waals surface area contributed by atoms with Gasteiger partial charge in [-0.25, -0.2) is 9.78 Å². The zero-order valence-electron chi connectivity index (χ0n) is 16.0. The Kier molecular flexibility index (Phi) is 5.60. The summed E-state index contributed by atoms with van der Waals surface area (Å²) in [7, 11) is 0. The van der Waals surface area contributed by atoms with Gasteiger partial charge in [0.2, 0.25) is 5.91 Å². The molecule has 2 heterocycles. The summed E-state index contributed by atoms with van der Waals surface area (Å²) in [5.41, 5.74) is 0.713. The summed E-state index contributed by atoms with van der Waals surface area (Å²) in [6, 6.07) is 4.18. The maximum atomic E-state index is 12.8. The van der Waals surface area contributed by atoms with Crippen LogP contribution < -0.4 is 10.2 Å². The van der Waals surface area contributed by atoms with Crippen LogP contribution in [0.25, 0.3) is 0 Å². The first kappa shape index (κ1) is 18.3. The molecule has 3 aliphatic rings. The van der Waals surface area contributed by atoms with Crippen LogP contribution in [0.15, 0.2) is 18.3 Å². The molecule has 6 heteroatoms. The first-order chi connectivity index (χ1) is 13.2. The van der Waals surface area contributed by atoms with Crippen molar-refractivity contribution >= 4 is 23.4 Å². The monoisotopic (exact) mass is 370 g/mol. The predicted octanol–water partition coefficient (Wildman–Crippen LogP) is 4.18. The maximum Gasteiger partial charge on any atom is 0.326 e. The number of hydrogen-bond acceptors (Lipinski definition) is 3. The Balaban J connectivity index is 1.36. The SMILES string of the molecule is O=C(Nc1ccc(N2CCN(C3CCCCC3)C2=O)nc1)C1CCCCC1. The van der Waals surface area contributed by atoms with Gasteiger partial charge in [-0.1, -0.05) is 38.5 Å². The number of pyridine rings is 1. The molecule has 1 N–H and O–H groups in total. The highest BCUT2D eigenvalue weighted by Gasteiger charge is 2.35. The van der Waals surface area contributed by atoms with Crippen LogP contribution in [0, 0.1) is 5.92 Å². The molecule has 1 aliphatic heterocycles. The lowest BCUT2D eigenvalue weighted by Gasteiger charge is -2.30. The summed E-state index contributed by atoms with van der Waals surface area (Å²) >= 11 is 0. The molecule has 6 nitrogen and oxygen atoms in total. The summed E-state index contributed by atoms with van der Waals surface area (Å²) in [5.74, 6) is 0.904. The van der Waals surface area contributed by atoms with Crippen molar-refractivity contribution in [2.24, 2.45) is 5.92 Å². The maximum absolute atomic E-state index is 12.8.